The van der Waals surface area contributed by atoms with E-state index in [4.69, 9.17) is 9.47 Å². The van der Waals surface area contributed by atoms with E-state index in [1.165, 1.54) is 0 Å². The molecule has 33 heavy (non-hydrogen) atoms. The Hall–Kier alpha value is -4.20. The van der Waals surface area contributed by atoms with Crippen molar-refractivity contribution in [1.29, 1.82) is 0 Å². The van der Waals surface area contributed by atoms with E-state index in [9.17, 15) is 4.79 Å². The first-order chi connectivity index (χ1) is 15.9. The summed E-state index contributed by atoms with van der Waals surface area (Å²) in [5.74, 6) is 2.62. The third kappa shape index (κ3) is 5.74. The van der Waals surface area contributed by atoms with Crippen LogP contribution in [-0.2, 0) is 4.79 Å². The number of anilines is 1. The van der Waals surface area contributed by atoms with Gasteiger partial charge in [-0.25, -0.2) is 9.67 Å². The second kappa shape index (κ2) is 9.52. The van der Waals surface area contributed by atoms with E-state index in [0.29, 0.717) is 34.7 Å². The maximum Gasteiger partial charge on any atom is 0.262 e. The van der Waals surface area contributed by atoms with E-state index in [2.05, 4.69) is 20.4 Å². The van der Waals surface area contributed by atoms with Gasteiger partial charge in [0.25, 0.3) is 5.91 Å². The van der Waals surface area contributed by atoms with Crippen LogP contribution in [0.1, 0.15) is 22.8 Å². The maximum atomic E-state index is 12.2. The maximum absolute atomic E-state index is 12.2. The first-order valence-electron chi connectivity index (χ1n) is 10.5. The summed E-state index contributed by atoms with van der Waals surface area (Å²) in [6, 6.07) is 18.3. The number of rotatable bonds is 7. The molecular formula is C25H25N5O3. The number of hydrogen-bond acceptors (Lipinski definition) is 6. The molecule has 2 heterocycles. The first-order valence-corrected chi connectivity index (χ1v) is 10.5. The third-order valence-electron chi connectivity index (χ3n) is 4.78. The number of nitrogens with one attached hydrogen (secondary N) is 1. The molecule has 0 aliphatic heterocycles. The number of nitrogens with zero attached hydrogens (tertiary/aromatic N) is 4. The molecule has 0 aliphatic carbocycles. The molecule has 0 unspecified atom stereocenters. The van der Waals surface area contributed by atoms with Crippen molar-refractivity contribution in [3.63, 3.8) is 0 Å². The van der Waals surface area contributed by atoms with E-state index in [-0.39, 0.29) is 12.5 Å². The molecule has 1 N–H and O–H groups in total. The van der Waals surface area contributed by atoms with Gasteiger partial charge in [-0.05, 0) is 70.2 Å². The zero-order valence-corrected chi connectivity index (χ0v) is 19.0. The SMILES string of the molecule is Cc1ccc(OCC(=O)Nc2ccc(Oc3cc(-n4nc(C)cc4C)nc(C)n3)cc2)cc1. The molecule has 168 valence electrons. The average Bonchev–Trinajstić information content (AvgIpc) is 3.12. The number of carbonyl (C=O) groups excluding carboxylic acids is 1. The first kappa shape index (κ1) is 22.0. The van der Waals surface area contributed by atoms with E-state index in [0.717, 1.165) is 17.0 Å². The van der Waals surface area contributed by atoms with Gasteiger partial charge in [0.2, 0.25) is 5.88 Å². The zero-order valence-electron chi connectivity index (χ0n) is 19.0. The molecule has 8 heteroatoms. The fraction of sp³-hybridized carbons (Fsp3) is 0.200. The van der Waals surface area contributed by atoms with Crippen molar-refractivity contribution >= 4 is 11.6 Å². The van der Waals surface area contributed by atoms with E-state index < -0.39 is 0 Å². The van der Waals surface area contributed by atoms with Gasteiger partial charge < -0.3 is 14.8 Å². The Labute approximate surface area is 192 Å². The standard InChI is InChI=1S/C25H25N5O3/c1-16-5-9-21(10-6-16)32-15-24(31)28-20-7-11-22(12-8-20)33-25-14-23(26-19(4)27-25)30-18(3)13-17(2)29-30/h5-14H,15H2,1-4H3,(H,28,31). The van der Waals surface area contributed by atoms with Crippen LogP contribution in [0.4, 0.5) is 5.69 Å². The molecule has 0 atom stereocenters. The minimum absolute atomic E-state index is 0.0728. The number of carbonyl (C=O) groups is 1. The van der Waals surface area contributed by atoms with Crippen LogP contribution in [-0.4, -0.2) is 32.3 Å². The predicted molar refractivity (Wildman–Crippen MR) is 125 cm³/mol. The van der Waals surface area contributed by atoms with Gasteiger partial charge in [0, 0.05) is 17.4 Å². The van der Waals surface area contributed by atoms with Gasteiger partial charge in [-0.1, -0.05) is 17.7 Å². The van der Waals surface area contributed by atoms with Gasteiger partial charge in [0.1, 0.15) is 17.3 Å². The fourth-order valence-electron chi connectivity index (χ4n) is 3.25. The number of benzene rings is 2. The second-order valence-electron chi connectivity index (χ2n) is 7.73. The minimum Gasteiger partial charge on any atom is -0.484 e. The van der Waals surface area contributed by atoms with Crippen LogP contribution in [0.5, 0.6) is 17.4 Å². The van der Waals surface area contributed by atoms with Crippen LogP contribution in [0, 0.1) is 27.7 Å². The highest BCUT2D eigenvalue weighted by molar-refractivity contribution is 5.91. The fourth-order valence-corrected chi connectivity index (χ4v) is 3.25. The van der Waals surface area contributed by atoms with Crippen LogP contribution in [0.2, 0.25) is 0 Å². The van der Waals surface area contributed by atoms with E-state index in [1.54, 1.807) is 41.9 Å². The molecule has 2 aromatic carbocycles. The number of ether oxygens (including phenoxy) is 2. The van der Waals surface area contributed by atoms with Crippen molar-refractivity contribution in [2.75, 3.05) is 11.9 Å². The lowest BCUT2D eigenvalue weighted by atomic mass is 10.2. The lowest BCUT2D eigenvalue weighted by Crippen LogP contribution is -2.20. The second-order valence-corrected chi connectivity index (χ2v) is 7.73. The molecule has 0 spiro atoms. The molecule has 0 bridgehead atoms. The van der Waals surface area contributed by atoms with E-state index in [1.807, 2.05) is 51.1 Å². The van der Waals surface area contributed by atoms with Gasteiger partial charge in [-0.3, -0.25) is 4.79 Å². The Bertz CT molecular complexity index is 1260. The van der Waals surface area contributed by atoms with E-state index >= 15 is 0 Å². The molecule has 0 aliphatic rings. The summed E-state index contributed by atoms with van der Waals surface area (Å²) < 4.78 is 13.2. The van der Waals surface area contributed by atoms with Gasteiger partial charge in [-0.2, -0.15) is 10.1 Å². The van der Waals surface area contributed by atoms with Gasteiger partial charge in [0.15, 0.2) is 12.4 Å². The third-order valence-corrected chi connectivity index (χ3v) is 4.78. The number of aromatic nitrogens is 4. The highest BCUT2D eigenvalue weighted by atomic mass is 16.5. The molecule has 2 aromatic heterocycles. The van der Waals surface area contributed by atoms with Crippen LogP contribution < -0.4 is 14.8 Å². The monoisotopic (exact) mass is 443 g/mol. The molecule has 4 rings (SSSR count). The van der Waals surface area contributed by atoms with Gasteiger partial charge >= 0.3 is 0 Å². The van der Waals surface area contributed by atoms with Crippen molar-refractivity contribution < 1.29 is 14.3 Å². The summed E-state index contributed by atoms with van der Waals surface area (Å²) in [5, 5.41) is 7.27. The summed E-state index contributed by atoms with van der Waals surface area (Å²) >= 11 is 0. The van der Waals surface area contributed by atoms with Crippen molar-refractivity contribution in [2.24, 2.45) is 0 Å². The summed E-state index contributed by atoms with van der Waals surface area (Å²) in [4.78, 5) is 21.0. The van der Waals surface area contributed by atoms with Crippen LogP contribution in [0.3, 0.4) is 0 Å². The van der Waals surface area contributed by atoms with Crippen molar-refractivity contribution in [2.45, 2.75) is 27.7 Å². The van der Waals surface area contributed by atoms with Gasteiger partial charge in [0.05, 0.1) is 5.69 Å². The number of amides is 1. The van der Waals surface area contributed by atoms with Crippen LogP contribution in [0.25, 0.3) is 5.82 Å². The van der Waals surface area contributed by atoms with Crippen molar-refractivity contribution in [3.05, 3.63) is 83.4 Å². The number of hydrogen-bond donors (Lipinski definition) is 1. The molecule has 8 nitrogen and oxygen atoms in total. The average molecular weight is 444 g/mol. The summed E-state index contributed by atoms with van der Waals surface area (Å²) in [7, 11) is 0. The summed E-state index contributed by atoms with van der Waals surface area (Å²) in [6.07, 6.45) is 0. The molecular weight excluding hydrogens is 418 g/mol. The van der Waals surface area contributed by atoms with Crippen molar-refractivity contribution in [3.8, 4) is 23.2 Å². The summed E-state index contributed by atoms with van der Waals surface area (Å²) in [6.45, 7) is 7.63. The Morgan fingerprint density at radius 2 is 1.61 bits per heavy atom. The topological polar surface area (TPSA) is 91.2 Å². The quantitative estimate of drug-likeness (QED) is 0.445. The minimum atomic E-state index is -0.245. The van der Waals surface area contributed by atoms with Crippen LogP contribution in [0.15, 0.2) is 60.7 Å². The zero-order chi connectivity index (χ0) is 23.4. The molecule has 0 radical (unpaired) electrons. The Morgan fingerprint density at radius 3 is 2.27 bits per heavy atom. The number of aryl methyl sites for hydroxylation is 4. The van der Waals surface area contributed by atoms with Crippen LogP contribution >= 0.6 is 0 Å². The predicted octanol–water partition coefficient (Wildman–Crippen LogP) is 4.71. The Morgan fingerprint density at radius 1 is 0.909 bits per heavy atom. The lowest BCUT2D eigenvalue weighted by molar-refractivity contribution is -0.118. The Kier molecular flexibility index (Phi) is 6.35. The smallest absolute Gasteiger partial charge is 0.262 e. The Balaban J connectivity index is 1.38. The summed E-state index contributed by atoms with van der Waals surface area (Å²) in [5.41, 5.74) is 3.66. The van der Waals surface area contributed by atoms with Gasteiger partial charge in [-0.15, -0.1) is 0 Å². The molecule has 1 amide bonds. The highest BCUT2D eigenvalue weighted by Crippen LogP contribution is 2.23. The largest absolute Gasteiger partial charge is 0.484 e. The molecule has 4 aromatic rings. The van der Waals surface area contributed by atoms with Crippen molar-refractivity contribution in [1.82, 2.24) is 19.7 Å². The molecule has 0 fully saturated rings. The molecule has 0 saturated heterocycles. The highest BCUT2D eigenvalue weighted by Gasteiger charge is 2.10. The molecule has 0 saturated carbocycles. The normalized spacial score (nSPS) is 10.7. The lowest BCUT2D eigenvalue weighted by Gasteiger charge is -2.10.